The molecule has 2 atom stereocenters. The van der Waals surface area contributed by atoms with Crippen molar-refractivity contribution in [2.75, 3.05) is 20.1 Å². The van der Waals surface area contributed by atoms with Gasteiger partial charge in [0.15, 0.2) is 0 Å². The number of aromatic amines is 1. The zero-order valence-corrected chi connectivity index (χ0v) is 21.8. The van der Waals surface area contributed by atoms with Crippen molar-refractivity contribution in [2.24, 2.45) is 0 Å². The maximum Gasteiger partial charge on any atom is 0.251 e. The number of halogens is 2. The average molecular weight is 527 g/mol. The van der Waals surface area contributed by atoms with Crippen molar-refractivity contribution in [3.63, 3.8) is 0 Å². The van der Waals surface area contributed by atoms with E-state index in [4.69, 9.17) is 11.6 Å². The Bertz CT molecular complexity index is 1510. The molecule has 0 bridgehead atoms. The Balaban J connectivity index is 1.32. The van der Waals surface area contributed by atoms with Crippen molar-refractivity contribution >= 4 is 23.1 Å². The van der Waals surface area contributed by atoms with Crippen molar-refractivity contribution in [1.29, 1.82) is 0 Å². The van der Waals surface area contributed by atoms with Gasteiger partial charge in [-0.05, 0) is 77.9 Å². The zero-order valence-electron chi connectivity index (χ0n) is 21.0. The third-order valence-corrected chi connectivity index (χ3v) is 8.08. The molecule has 1 amide bonds. The predicted octanol–water partition coefficient (Wildman–Crippen LogP) is 6.54. The number of H-pyrrole nitrogens is 1. The van der Waals surface area contributed by atoms with E-state index in [1.165, 1.54) is 17.2 Å². The molecule has 2 aromatic carbocycles. The lowest BCUT2D eigenvalue weighted by Gasteiger charge is -2.28. The molecule has 0 radical (unpaired) electrons. The van der Waals surface area contributed by atoms with Crippen LogP contribution in [0.5, 0.6) is 0 Å². The molecular formula is C31H28ClFN4O. The number of carbonyl (C=O) groups excluding carboxylic acids is 1. The summed E-state index contributed by atoms with van der Waals surface area (Å²) in [6.45, 7) is 2.00. The van der Waals surface area contributed by atoms with Gasteiger partial charge < -0.3 is 10.3 Å². The molecule has 4 aromatic rings. The van der Waals surface area contributed by atoms with Crippen molar-refractivity contribution in [1.82, 2.24) is 20.2 Å². The molecule has 1 fully saturated rings. The normalized spacial score (nSPS) is 19.2. The SMILES string of the molecule is CNC(=O)c1ccc(C2CC3C=C(c4c[nH]c(-c5ccc(F)c(Cl)c5)c4-c4ccncc4)CCN3C2)cc1. The van der Waals surface area contributed by atoms with Crippen LogP contribution in [0.25, 0.3) is 28.0 Å². The van der Waals surface area contributed by atoms with Crippen molar-refractivity contribution < 1.29 is 9.18 Å². The Labute approximate surface area is 226 Å². The lowest BCUT2D eigenvalue weighted by molar-refractivity contribution is 0.0963. The first kappa shape index (κ1) is 24.6. The number of pyridine rings is 1. The minimum absolute atomic E-state index is 0.0632. The molecule has 38 heavy (non-hydrogen) atoms. The van der Waals surface area contributed by atoms with E-state index in [1.807, 2.05) is 24.3 Å². The quantitative estimate of drug-likeness (QED) is 0.310. The van der Waals surface area contributed by atoms with E-state index in [0.717, 1.165) is 53.9 Å². The van der Waals surface area contributed by atoms with Crippen LogP contribution >= 0.6 is 11.6 Å². The molecule has 2 aliphatic heterocycles. The minimum Gasteiger partial charge on any atom is -0.360 e. The third kappa shape index (κ3) is 4.55. The highest BCUT2D eigenvalue weighted by Gasteiger charge is 2.35. The van der Waals surface area contributed by atoms with E-state index >= 15 is 0 Å². The Morgan fingerprint density at radius 1 is 1.11 bits per heavy atom. The number of rotatable bonds is 5. The second kappa shape index (κ2) is 10.2. The number of carbonyl (C=O) groups is 1. The standard InChI is InChI=1S/C31H28ClFN4O/c1-34-31(38)21-4-2-19(3-5-21)24-15-25-14-22(10-13-37(25)18-24)26-17-36-30(23-6-7-28(33)27(32)16-23)29(26)20-8-11-35-12-9-20/h2-9,11-12,14,16-17,24-25,36H,10,13,15,18H2,1H3,(H,34,38). The first-order chi connectivity index (χ1) is 18.5. The molecule has 0 aliphatic carbocycles. The molecule has 6 rings (SSSR count). The molecule has 192 valence electrons. The minimum atomic E-state index is -0.429. The summed E-state index contributed by atoms with van der Waals surface area (Å²) in [4.78, 5) is 22.1. The topological polar surface area (TPSA) is 61.0 Å². The zero-order chi connectivity index (χ0) is 26.2. The Morgan fingerprint density at radius 2 is 1.89 bits per heavy atom. The molecule has 2 unspecified atom stereocenters. The van der Waals surface area contributed by atoms with E-state index in [1.54, 1.807) is 31.6 Å². The van der Waals surface area contributed by atoms with E-state index in [2.05, 4.69) is 44.6 Å². The molecule has 0 saturated carbocycles. The van der Waals surface area contributed by atoms with Gasteiger partial charge in [-0.25, -0.2) is 4.39 Å². The number of nitrogens with zero attached hydrogens (tertiary/aromatic N) is 2. The van der Waals surface area contributed by atoms with Gasteiger partial charge in [0.1, 0.15) is 5.82 Å². The first-order valence-electron chi connectivity index (χ1n) is 12.9. The molecule has 2 N–H and O–H groups in total. The number of fused-ring (bicyclic) bond motifs is 1. The van der Waals surface area contributed by atoms with Gasteiger partial charge in [-0.15, -0.1) is 0 Å². The maximum atomic E-state index is 13.9. The van der Waals surface area contributed by atoms with Crippen LogP contribution in [0.15, 0.2) is 79.3 Å². The predicted molar refractivity (Wildman–Crippen MR) is 150 cm³/mol. The van der Waals surface area contributed by atoms with Crippen LogP contribution in [-0.2, 0) is 0 Å². The number of amides is 1. The number of nitrogens with one attached hydrogen (secondary N) is 2. The fraction of sp³-hybridized carbons (Fsp3) is 0.226. The number of benzene rings is 2. The molecular weight excluding hydrogens is 499 g/mol. The molecule has 7 heteroatoms. The molecule has 2 aliphatic rings. The molecule has 5 nitrogen and oxygen atoms in total. The van der Waals surface area contributed by atoms with Crippen molar-refractivity contribution in [3.05, 3.63) is 107 Å². The van der Waals surface area contributed by atoms with E-state index in [0.29, 0.717) is 17.5 Å². The van der Waals surface area contributed by atoms with Crippen molar-refractivity contribution in [2.45, 2.75) is 24.8 Å². The Hall–Kier alpha value is -3.74. The molecule has 2 aromatic heterocycles. The summed E-state index contributed by atoms with van der Waals surface area (Å²) in [6.07, 6.45) is 10.0. The van der Waals surface area contributed by atoms with Crippen LogP contribution in [0.2, 0.25) is 5.02 Å². The summed E-state index contributed by atoms with van der Waals surface area (Å²) in [5, 5.41) is 2.78. The Kier molecular flexibility index (Phi) is 6.60. The van der Waals surface area contributed by atoms with E-state index in [-0.39, 0.29) is 10.9 Å². The van der Waals surface area contributed by atoms with Gasteiger partial charge >= 0.3 is 0 Å². The van der Waals surface area contributed by atoms with E-state index in [9.17, 15) is 9.18 Å². The summed E-state index contributed by atoms with van der Waals surface area (Å²) in [7, 11) is 1.65. The third-order valence-electron chi connectivity index (χ3n) is 7.79. The first-order valence-corrected chi connectivity index (χ1v) is 13.2. The van der Waals surface area contributed by atoms with Crippen LogP contribution in [0.4, 0.5) is 4.39 Å². The van der Waals surface area contributed by atoms with Crippen LogP contribution < -0.4 is 5.32 Å². The van der Waals surface area contributed by atoms with Gasteiger partial charge in [0, 0.05) is 67.0 Å². The summed E-state index contributed by atoms with van der Waals surface area (Å²) in [6, 6.07) is 17.2. The fourth-order valence-electron chi connectivity index (χ4n) is 5.84. The Morgan fingerprint density at radius 3 is 2.63 bits per heavy atom. The van der Waals surface area contributed by atoms with Crippen LogP contribution in [0.3, 0.4) is 0 Å². The fourth-order valence-corrected chi connectivity index (χ4v) is 6.02. The second-order valence-corrected chi connectivity index (χ2v) is 10.4. The molecule has 4 heterocycles. The highest BCUT2D eigenvalue weighted by Crippen LogP contribution is 2.43. The average Bonchev–Trinajstić information content (AvgIpc) is 3.59. The second-order valence-electron chi connectivity index (χ2n) is 9.96. The number of hydrogen-bond donors (Lipinski definition) is 2. The summed E-state index contributed by atoms with van der Waals surface area (Å²) in [5.74, 6) is -0.0642. The summed E-state index contributed by atoms with van der Waals surface area (Å²) in [5.41, 5.74) is 8.31. The smallest absolute Gasteiger partial charge is 0.251 e. The highest BCUT2D eigenvalue weighted by atomic mass is 35.5. The van der Waals surface area contributed by atoms with E-state index < -0.39 is 5.82 Å². The van der Waals surface area contributed by atoms with Crippen molar-refractivity contribution in [3.8, 4) is 22.4 Å². The molecule has 1 saturated heterocycles. The van der Waals surface area contributed by atoms with Crippen LogP contribution in [0.1, 0.15) is 40.2 Å². The van der Waals surface area contributed by atoms with Crippen LogP contribution in [0, 0.1) is 5.82 Å². The highest BCUT2D eigenvalue weighted by molar-refractivity contribution is 6.31. The van der Waals surface area contributed by atoms with Gasteiger partial charge in [-0.2, -0.15) is 0 Å². The number of hydrogen-bond acceptors (Lipinski definition) is 3. The largest absolute Gasteiger partial charge is 0.360 e. The van der Waals surface area contributed by atoms with Gasteiger partial charge in [-0.3, -0.25) is 14.7 Å². The van der Waals surface area contributed by atoms with Gasteiger partial charge in [0.25, 0.3) is 5.91 Å². The van der Waals surface area contributed by atoms with Gasteiger partial charge in [0.2, 0.25) is 0 Å². The maximum absolute atomic E-state index is 13.9. The van der Waals surface area contributed by atoms with Gasteiger partial charge in [-0.1, -0.05) is 29.8 Å². The van der Waals surface area contributed by atoms with Gasteiger partial charge in [0.05, 0.1) is 10.7 Å². The summed E-state index contributed by atoms with van der Waals surface area (Å²) >= 11 is 6.14. The molecule has 0 spiro atoms. The summed E-state index contributed by atoms with van der Waals surface area (Å²) < 4.78 is 13.9. The number of aromatic nitrogens is 2. The van der Waals surface area contributed by atoms with Crippen LogP contribution in [-0.4, -0.2) is 47.0 Å². The lowest BCUT2D eigenvalue weighted by atomic mass is 9.90. The monoisotopic (exact) mass is 526 g/mol. The lowest BCUT2D eigenvalue weighted by Crippen LogP contribution is -2.32.